The molecule has 0 aliphatic carbocycles. The minimum absolute atomic E-state index is 0.0876. The lowest BCUT2D eigenvalue weighted by Crippen LogP contribution is -2.05. The third-order valence-electron chi connectivity index (χ3n) is 3.36. The minimum atomic E-state index is -2.96. The molecular formula is C13H13ClN2O3S. The average Bonchev–Trinajstić information content (AvgIpc) is 3.05. The van der Waals surface area contributed by atoms with Gasteiger partial charge in [0.25, 0.3) is 0 Å². The summed E-state index contributed by atoms with van der Waals surface area (Å²) in [7, 11) is -2.96. The number of rotatable bonds is 3. The quantitative estimate of drug-likeness (QED) is 0.813. The highest BCUT2D eigenvalue weighted by atomic mass is 35.5. The molecule has 2 heterocycles. The molecule has 0 amide bonds. The molecule has 1 aromatic carbocycles. The number of benzene rings is 1. The zero-order valence-electron chi connectivity index (χ0n) is 10.6. The molecule has 0 N–H and O–H groups in total. The summed E-state index contributed by atoms with van der Waals surface area (Å²) in [5, 5.41) is 3.36. The highest BCUT2D eigenvalue weighted by Crippen LogP contribution is 2.31. The minimum Gasteiger partial charge on any atom is -0.337 e. The number of hydrogen-bond donors (Lipinski definition) is 0. The standard InChI is InChI=1S/C13H13ClN2O3S/c14-11(9-4-2-1-3-5-9)13-15-12(16-19-13)10-6-7-20(17,18)8-10/h1-5,10-11H,6-8H2. The zero-order valence-corrected chi connectivity index (χ0v) is 12.1. The predicted molar refractivity (Wildman–Crippen MR) is 74.4 cm³/mol. The van der Waals surface area contributed by atoms with Gasteiger partial charge in [0.1, 0.15) is 5.38 Å². The number of halogens is 1. The van der Waals surface area contributed by atoms with Crippen LogP contribution in [-0.4, -0.2) is 30.1 Å². The molecule has 0 saturated carbocycles. The van der Waals surface area contributed by atoms with Crippen LogP contribution >= 0.6 is 11.6 Å². The van der Waals surface area contributed by atoms with Crippen LogP contribution in [0.3, 0.4) is 0 Å². The summed E-state index contributed by atoms with van der Waals surface area (Å²) >= 11 is 6.29. The van der Waals surface area contributed by atoms with Crippen LogP contribution in [0.2, 0.25) is 0 Å². The van der Waals surface area contributed by atoms with Crippen LogP contribution in [-0.2, 0) is 9.84 Å². The van der Waals surface area contributed by atoms with E-state index in [4.69, 9.17) is 16.1 Å². The van der Waals surface area contributed by atoms with E-state index in [1.807, 2.05) is 30.3 Å². The van der Waals surface area contributed by atoms with Crippen LogP contribution < -0.4 is 0 Å². The fraction of sp³-hybridized carbons (Fsp3) is 0.385. The molecule has 1 fully saturated rings. The Morgan fingerprint density at radius 3 is 2.70 bits per heavy atom. The highest BCUT2D eigenvalue weighted by Gasteiger charge is 2.33. The van der Waals surface area contributed by atoms with Crippen LogP contribution in [0.4, 0.5) is 0 Å². The SMILES string of the molecule is O=S1(=O)CCC(c2noc(C(Cl)c3ccccc3)n2)C1. The molecule has 1 aromatic heterocycles. The molecule has 1 saturated heterocycles. The van der Waals surface area contributed by atoms with Crippen molar-refractivity contribution in [3.63, 3.8) is 0 Å². The molecule has 0 bridgehead atoms. The van der Waals surface area contributed by atoms with Crippen molar-refractivity contribution in [2.24, 2.45) is 0 Å². The van der Waals surface area contributed by atoms with Gasteiger partial charge >= 0.3 is 0 Å². The maximum atomic E-state index is 11.5. The molecule has 2 aromatic rings. The molecule has 5 nitrogen and oxygen atoms in total. The first-order valence-electron chi connectivity index (χ1n) is 6.28. The largest absolute Gasteiger partial charge is 0.337 e. The summed E-state index contributed by atoms with van der Waals surface area (Å²) in [6.07, 6.45) is 0.541. The van der Waals surface area contributed by atoms with E-state index in [0.717, 1.165) is 5.56 Å². The Bertz CT molecular complexity index is 699. The first-order valence-corrected chi connectivity index (χ1v) is 8.54. The molecule has 0 radical (unpaired) electrons. The van der Waals surface area contributed by atoms with E-state index in [2.05, 4.69) is 10.1 Å². The zero-order chi connectivity index (χ0) is 14.2. The Labute approximate surface area is 121 Å². The van der Waals surface area contributed by atoms with E-state index in [9.17, 15) is 8.42 Å². The summed E-state index contributed by atoms with van der Waals surface area (Å²) in [6.45, 7) is 0. The maximum Gasteiger partial charge on any atom is 0.249 e. The Morgan fingerprint density at radius 2 is 2.05 bits per heavy atom. The van der Waals surface area contributed by atoms with Crippen molar-refractivity contribution in [1.29, 1.82) is 0 Å². The van der Waals surface area contributed by atoms with Crippen molar-refractivity contribution < 1.29 is 12.9 Å². The van der Waals surface area contributed by atoms with Crippen molar-refractivity contribution >= 4 is 21.4 Å². The van der Waals surface area contributed by atoms with Gasteiger partial charge in [-0.2, -0.15) is 4.98 Å². The molecule has 1 aliphatic heterocycles. The maximum absolute atomic E-state index is 11.5. The van der Waals surface area contributed by atoms with E-state index in [1.165, 1.54) is 0 Å². The van der Waals surface area contributed by atoms with E-state index in [0.29, 0.717) is 18.1 Å². The van der Waals surface area contributed by atoms with E-state index in [1.54, 1.807) is 0 Å². The highest BCUT2D eigenvalue weighted by molar-refractivity contribution is 7.91. The van der Waals surface area contributed by atoms with Gasteiger partial charge in [0.2, 0.25) is 5.89 Å². The number of sulfone groups is 1. The first kappa shape index (κ1) is 13.6. The number of aromatic nitrogens is 2. The third-order valence-corrected chi connectivity index (χ3v) is 5.57. The molecule has 7 heteroatoms. The average molecular weight is 313 g/mol. The van der Waals surface area contributed by atoms with Crippen LogP contribution in [0.15, 0.2) is 34.9 Å². The van der Waals surface area contributed by atoms with Crippen molar-refractivity contribution in [2.75, 3.05) is 11.5 Å². The van der Waals surface area contributed by atoms with Gasteiger partial charge in [-0.15, -0.1) is 11.6 Å². The van der Waals surface area contributed by atoms with Gasteiger partial charge in [-0.1, -0.05) is 35.5 Å². The van der Waals surface area contributed by atoms with E-state index < -0.39 is 15.2 Å². The number of nitrogens with zero attached hydrogens (tertiary/aromatic N) is 2. The lowest BCUT2D eigenvalue weighted by Gasteiger charge is -2.03. The van der Waals surface area contributed by atoms with Crippen molar-refractivity contribution in [1.82, 2.24) is 10.1 Å². The molecule has 20 heavy (non-hydrogen) atoms. The first-order chi connectivity index (χ1) is 9.55. The molecule has 2 atom stereocenters. The summed E-state index contributed by atoms with van der Waals surface area (Å²) in [4.78, 5) is 4.26. The number of hydrogen-bond acceptors (Lipinski definition) is 5. The van der Waals surface area contributed by atoms with Crippen molar-refractivity contribution in [3.8, 4) is 0 Å². The summed E-state index contributed by atoms with van der Waals surface area (Å²) in [6, 6.07) is 9.41. The normalized spacial score (nSPS) is 22.8. The van der Waals surface area contributed by atoms with Gasteiger partial charge < -0.3 is 4.52 Å². The summed E-state index contributed by atoms with van der Waals surface area (Å²) in [5.74, 6) is 0.825. The van der Waals surface area contributed by atoms with Gasteiger partial charge in [0.05, 0.1) is 11.5 Å². The van der Waals surface area contributed by atoms with Gasteiger partial charge in [-0.3, -0.25) is 0 Å². The Hall–Kier alpha value is -1.40. The molecule has 106 valence electrons. The van der Waals surface area contributed by atoms with E-state index in [-0.39, 0.29) is 17.4 Å². The van der Waals surface area contributed by atoms with Gasteiger partial charge in [0.15, 0.2) is 15.7 Å². The van der Waals surface area contributed by atoms with Crippen LogP contribution in [0.5, 0.6) is 0 Å². The summed E-state index contributed by atoms with van der Waals surface area (Å²) < 4.78 is 28.1. The molecular weight excluding hydrogens is 300 g/mol. The lowest BCUT2D eigenvalue weighted by molar-refractivity contribution is 0.374. The number of alkyl halides is 1. The van der Waals surface area contributed by atoms with E-state index >= 15 is 0 Å². The monoisotopic (exact) mass is 312 g/mol. The molecule has 3 rings (SSSR count). The van der Waals surface area contributed by atoms with Crippen LogP contribution in [0.25, 0.3) is 0 Å². The van der Waals surface area contributed by atoms with Gasteiger partial charge in [0, 0.05) is 5.92 Å². The Morgan fingerprint density at radius 1 is 1.30 bits per heavy atom. The molecule has 2 unspecified atom stereocenters. The van der Waals surface area contributed by atoms with Gasteiger partial charge in [-0.25, -0.2) is 8.42 Å². The second-order valence-corrected chi connectivity index (χ2v) is 7.53. The summed E-state index contributed by atoms with van der Waals surface area (Å²) in [5.41, 5.74) is 0.864. The van der Waals surface area contributed by atoms with Crippen molar-refractivity contribution in [2.45, 2.75) is 17.7 Å². The fourth-order valence-electron chi connectivity index (χ4n) is 2.28. The Balaban J connectivity index is 1.81. The second kappa shape index (κ2) is 5.18. The van der Waals surface area contributed by atoms with Gasteiger partial charge in [-0.05, 0) is 12.0 Å². The fourth-order valence-corrected chi connectivity index (χ4v) is 4.25. The van der Waals surface area contributed by atoms with Crippen molar-refractivity contribution in [3.05, 3.63) is 47.6 Å². The molecule has 0 spiro atoms. The lowest BCUT2D eigenvalue weighted by atomic mass is 10.1. The molecule has 1 aliphatic rings. The van der Waals surface area contributed by atoms with Crippen LogP contribution in [0, 0.1) is 0 Å². The third kappa shape index (κ3) is 2.71. The Kier molecular flexibility index (Phi) is 3.52. The second-order valence-electron chi connectivity index (χ2n) is 4.86. The smallest absolute Gasteiger partial charge is 0.249 e. The van der Waals surface area contributed by atoms with Crippen LogP contribution in [0.1, 0.15) is 35.0 Å². The topological polar surface area (TPSA) is 73.1 Å². The predicted octanol–water partition coefficient (Wildman–Crippen LogP) is 2.30.